The molecule has 3 unspecified atom stereocenters. The van der Waals surface area contributed by atoms with E-state index in [1.54, 1.807) is 23.1 Å². The molecule has 1 aromatic rings. The van der Waals surface area contributed by atoms with Gasteiger partial charge in [0.25, 0.3) is 5.91 Å². The molecule has 3 saturated heterocycles. The summed E-state index contributed by atoms with van der Waals surface area (Å²) in [5, 5.41) is 19.5. The zero-order valence-electron chi connectivity index (χ0n) is 18.1. The molecule has 2 N–H and O–H groups in total. The van der Waals surface area contributed by atoms with Crippen molar-refractivity contribution in [2.75, 3.05) is 24.6 Å². The lowest BCUT2D eigenvalue weighted by atomic mass is 9.71. The average molecular weight is 558 g/mol. The van der Waals surface area contributed by atoms with Gasteiger partial charge in [-0.05, 0) is 31.4 Å². The molecule has 178 valence electrons. The molecule has 7 nitrogen and oxygen atoms in total. The Bertz CT molecular complexity index is 989. The largest absolute Gasteiger partial charge is 0.481 e. The fraction of sp³-hybridized carbons (Fsp3) is 0.522. The van der Waals surface area contributed by atoms with Crippen molar-refractivity contribution < 1.29 is 24.6 Å². The van der Waals surface area contributed by atoms with Crippen LogP contribution in [0.5, 0.6) is 0 Å². The van der Waals surface area contributed by atoms with Gasteiger partial charge in [0.2, 0.25) is 5.91 Å². The zero-order chi connectivity index (χ0) is 24.1. The van der Waals surface area contributed by atoms with Gasteiger partial charge in [-0.15, -0.1) is 18.3 Å². The molecule has 0 radical (unpaired) electrons. The highest BCUT2D eigenvalue weighted by Crippen LogP contribution is 2.67. The summed E-state index contributed by atoms with van der Waals surface area (Å²) >= 11 is 11.6. The molecule has 3 fully saturated rings. The molecule has 1 spiro atoms. The van der Waals surface area contributed by atoms with E-state index in [1.807, 2.05) is 13.0 Å². The number of fused-ring (bicyclic) bond motifs is 1. The first-order chi connectivity index (χ1) is 15.7. The Balaban J connectivity index is 1.83. The van der Waals surface area contributed by atoms with Gasteiger partial charge < -0.3 is 20.0 Å². The van der Waals surface area contributed by atoms with Crippen LogP contribution >= 0.6 is 39.3 Å². The topological polar surface area (TPSA) is 98.2 Å². The van der Waals surface area contributed by atoms with Gasteiger partial charge in [0.05, 0.1) is 27.3 Å². The van der Waals surface area contributed by atoms with Crippen LogP contribution in [0.2, 0.25) is 5.02 Å². The van der Waals surface area contributed by atoms with E-state index >= 15 is 0 Å². The number of carbonyl (C=O) groups is 3. The number of aryl methyl sites for hydroxylation is 1. The van der Waals surface area contributed by atoms with Crippen molar-refractivity contribution in [2.45, 2.75) is 40.6 Å². The number of carbonyl (C=O) groups excluding carboxylic acids is 2. The van der Waals surface area contributed by atoms with Crippen LogP contribution in [0.25, 0.3) is 0 Å². The van der Waals surface area contributed by atoms with Crippen LogP contribution < -0.4 is 4.90 Å². The number of hydrogen-bond donors (Lipinski definition) is 2. The summed E-state index contributed by atoms with van der Waals surface area (Å²) in [5.41, 5.74) is 1.37. The third-order valence-electron chi connectivity index (χ3n) is 6.90. The molecule has 6 atom stereocenters. The standard InChI is InChI=1S/C23H26BrClN2O5S/c1-3-8-26(17-12(2)6-4-7-14(17)25)21(30)19-23-11-13(24)18(33-23)15(22(31)32)16(23)20(29)27(19)9-5-10-28/h3-4,6-7,13,15-16,18-19,28H,1,5,8-11H2,2H3,(H,31,32)/t13?,15-,16+,18-,19?,23?/m1/s1. The summed E-state index contributed by atoms with van der Waals surface area (Å²) in [6.45, 7) is 5.89. The van der Waals surface area contributed by atoms with Gasteiger partial charge in [-0.1, -0.05) is 45.7 Å². The number of rotatable bonds is 8. The molecular formula is C23H26BrClN2O5S. The number of hydrogen-bond acceptors (Lipinski definition) is 5. The SMILES string of the molecule is C=CCN(C(=O)C1N(CCCO)C(=O)[C@@H]2[C@@H](C(=O)O)[C@@H]3SC12CC3Br)c1c(C)cccc1Cl. The van der Waals surface area contributed by atoms with E-state index in [-0.39, 0.29) is 41.6 Å². The Kier molecular flexibility index (Phi) is 6.88. The van der Waals surface area contributed by atoms with Crippen LogP contribution in [-0.4, -0.2) is 73.5 Å². The van der Waals surface area contributed by atoms with Gasteiger partial charge in [0, 0.05) is 29.8 Å². The van der Waals surface area contributed by atoms with Gasteiger partial charge in [-0.3, -0.25) is 14.4 Å². The van der Waals surface area contributed by atoms with E-state index in [0.717, 1.165) is 5.56 Å². The summed E-state index contributed by atoms with van der Waals surface area (Å²) in [5.74, 6) is -3.30. The van der Waals surface area contributed by atoms with Crippen LogP contribution in [0.15, 0.2) is 30.9 Å². The molecule has 0 aromatic heterocycles. The van der Waals surface area contributed by atoms with Crippen LogP contribution in [0.1, 0.15) is 18.4 Å². The lowest BCUT2D eigenvalue weighted by Gasteiger charge is -2.38. The molecule has 3 aliphatic rings. The third kappa shape index (κ3) is 3.72. The first kappa shape index (κ1) is 24.6. The molecule has 1 aromatic carbocycles. The first-order valence-electron chi connectivity index (χ1n) is 10.8. The Hall–Kier alpha value is -1.55. The molecule has 33 heavy (non-hydrogen) atoms. The number of aliphatic carboxylic acids is 1. The number of thioether (sulfide) groups is 1. The molecule has 4 rings (SSSR count). The summed E-state index contributed by atoms with van der Waals surface area (Å²) in [6.07, 6.45) is 2.42. The number of likely N-dealkylation sites (tertiary alicyclic amines) is 1. The number of amides is 2. The number of carboxylic acid groups (broad SMARTS) is 1. The van der Waals surface area contributed by atoms with E-state index in [2.05, 4.69) is 22.5 Å². The number of halogens is 2. The molecule has 0 saturated carbocycles. The van der Waals surface area contributed by atoms with E-state index in [1.165, 1.54) is 16.7 Å². The first-order valence-corrected chi connectivity index (χ1v) is 13.0. The van der Waals surface area contributed by atoms with Gasteiger partial charge >= 0.3 is 5.97 Å². The van der Waals surface area contributed by atoms with Crippen molar-refractivity contribution in [3.63, 3.8) is 0 Å². The van der Waals surface area contributed by atoms with E-state index < -0.39 is 28.6 Å². The van der Waals surface area contributed by atoms with E-state index in [0.29, 0.717) is 23.6 Å². The second kappa shape index (κ2) is 9.24. The van der Waals surface area contributed by atoms with Crippen LogP contribution in [0.3, 0.4) is 0 Å². The molecule has 2 amide bonds. The maximum atomic E-state index is 14.3. The molecule has 2 bridgehead atoms. The second-order valence-electron chi connectivity index (χ2n) is 8.75. The smallest absolute Gasteiger partial charge is 0.308 e. The minimum absolute atomic E-state index is 0.115. The number of nitrogens with zero attached hydrogens (tertiary/aromatic N) is 2. The van der Waals surface area contributed by atoms with Crippen molar-refractivity contribution >= 4 is 62.8 Å². The Morgan fingerprint density at radius 1 is 1.45 bits per heavy atom. The number of anilines is 1. The fourth-order valence-corrected chi connectivity index (χ4v) is 9.63. The van der Waals surface area contributed by atoms with Gasteiger partial charge in [-0.2, -0.15) is 0 Å². The van der Waals surface area contributed by atoms with Gasteiger partial charge in [-0.25, -0.2) is 0 Å². The third-order valence-corrected chi connectivity index (χ3v) is 10.4. The predicted octanol–water partition coefficient (Wildman–Crippen LogP) is 3.10. The molecule has 0 aliphatic carbocycles. The minimum Gasteiger partial charge on any atom is -0.481 e. The van der Waals surface area contributed by atoms with Crippen LogP contribution in [0.4, 0.5) is 5.69 Å². The highest BCUT2D eigenvalue weighted by atomic mass is 79.9. The molecular weight excluding hydrogens is 532 g/mol. The lowest BCUT2D eigenvalue weighted by Crippen LogP contribution is -2.55. The van der Waals surface area contributed by atoms with Crippen molar-refractivity contribution in [1.82, 2.24) is 4.90 Å². The lowest BCUT2D eigenvalue weighted by molar-refractivity contribution is -0.148. The zero-order valence-corrected chi connectivity index (χ0v) is 21.3. The Morgan fingerprint density at radius 2 is 2.18 bits per heavy atom. The number of alkyl halides is 1. The van der Waals surface area contributed by atoms with Crippen LogP contribution in [-0.2, 0) is 14.4 Å². The second-order valence-corrected chi connectivity index (χ2v) is 11.9. The number of aliphatic hydroxyl groups is 1. The maximum absolute atomic E-state index is 14.3. The average Bonchev–Trinajstić information content (AvgIpc) is 3.34. The number of para-hydroxylation sites is 1. The van der Waals surface area contributed by atoms with Gasteiger partial charge in [0.15, 0.2) is 0 Å². The van der Waals surface area contributed by atoms with Crippen LogP contribution in [0, 0.1) is 18.8 Å². The summed E-state index contributed by atoms with van der Waals surface area (Å²) in [7, 11) is 0. The quantitative estimate of drug-likeness (QED) is 0.377. The Labute approximate surface area is 210 Å². The number of aliphatic hydroxyl groups excluding tert-OH is 1. The van der Waals surface area contributed by atoms with Crippen molar-refractivity contribution in [2.24, 2.45) is 11.8 Å². The normalized spacial score (nSPS) is 32.2. The number of carboxylic acids is 1. The monoisotopic (exact) mass is 556 g/mol. The number of benzene rings is 1. The van der Waals surface area contributed by atoms with Crippen molar-refractivity contribution in [3.05, 3.63) is 41.4 Å². The van der Waals surface area contributed by atoms with E-state index in [9.17, 15) is 24.6 Å². The van der Waals surface area contributed by atoms with E-state index in [4.69, 9.17) is 11.6 Å². The Morgan fingerprint density at radius 3 is 2.79 bits per heavy atom. The summed E-state index contributed by atoms with van der Waals surface area (Å²) < 4.78 is -0.861. The summed E-state index contributed by atoms with van der Waals surface area (Å²) in [6, 6.07) is 4.51. The molecule has 10 heteroatoms. The van der Waals surface area contributed by atoms with Crippen molar-refractivity contribution in [3.8, 4) is 0 Å². The maximum Gasteiger partial charge on any atom is 0.308 e. The highest BCUT2D eigenvalue weighted by molar-refractivity contribution is 9.09. The molecule has 3 aliphatic heterocycles. The fourth-order valence-electron chi connectivity index (χ4n) is 5.71. The minimum atomic E-state index is -1.02. The van der Waals surface area contributed by atoms with Crippen molar-refractivity contribution in [1.29, 1.82) is 0 Å². The highest BCUT2D eigenvalue weighted by Gasteiger charge is 2.76. The van der Waals surface area contributed by atoms with Gasteiger partial charge in [0.1, 0.15) is 6.04 Å². The molecule has 3 heterocycles. The predicted molar refractivity (Wildman–Crippen MR) is 132 cm³/mol. The summed E-state index contributed by atoms with van der Waals surface area (Å²) in [4.78, 5) is 43.0.